The third-order valence-corrected chi connectivity index (χ3v) is 2.95. The monoisotopic (exact) mass is 228 g/mol. The van der Waals surface area contributed by atoms with E-state index in [0.717, 1.165) is 38.8 Å². The molecule has 0 spiro atoms. The fraction of sp³-hybridized carbons (Fsp3) is 0.917. The van der Waals surface area contributed by atoms with E-state index in [2.05, 4.69) is 24.5 Å². The van der Waals surface area contributed by atoms with Crippen molar-refractivity contribution in [3.63, 3.8) is 0 Å². The first-order valence-electron chi connectivity index (χ1n) is 6.38. The van der Waals surface area contributed by atoms with Crippen molar-refractivity contribution in [2.75, 3.05) is 19.7 Å². The first-order chi connectivity index (χ1) is 7.76. The summed E-state index contributed by atoms with van der Waals surface area (Å²) in [6.45, 7) is 6.21. The Morgan fingerprint density at radius 2 is 2.25 bits per heavy atom. The molecule has 1 rings (SSSR count). The van der Waals surface area contributed by atoms with Crippen molar-refractivity contribution in [3.05, 3.63) is 0 Å². The summed E-state index contributed by atoms with van der Waals surface area (Å²) in [5.41, 5.74) is 0. The second-order valence-corrected chi connectivity index (χ2v) is 4.35. The summed E-state index contributed by atoms with van der Waals surface area (Å²) in [5, 5.41) is 6.17. The van der Waals surface area contributed by atoms with E-state index in [1.54, 1.807) is 0 Å². The Morgan fingerprint density at radius 1 is 1.44 bits per heavy atom. The van der Waals surface area contributed by atoms with Crippen molar-refractivity contribution < 1.29 is 9.53 Å². The van der Waals surface area contributed by atoms with Crippen molar-refractivity contribution in [3.8, 4) is 0 Å². The van der Waals surface area contributed by atoms with Crippen molar-refractivity contribution >= 4 is 5.91 Å². The van der Waals surface area contributed by atoms with Crippen LogP contribution in [0.2, 0.25) is 0 Å². The van der Waals surface area contributed by atoms with Gasteiger partial charge < -0.3 is 15.4 Å². The van der Waals surface area contributed by atoms with E-state index in [1.807, 2.05) is 0 Å². The van der Waals surface area contributed by atoms with E-state index in [4.69, 9.17) is 4.74 Å². The average Bonchev–Trinajstić information content (AvgIpc) is 2.34. The van der Waals surface area contributed by atoms with Crippen LogP contribution in [0.4, 0.5) is 0 Å². The highest BCUT2D eigenvalue weighted by Crippen LogP contribution is 2.15. The smallest absolute Gasteiger partial charge is 0.233 e. The molecule has 1 aliphatic heterocycles. The Kier molecular flexibility index (Phi) is 6.42. The van der Waals surface area contributed by atoms with Gasteiger partial charge in [0.1, 0.15) is 0 Å². The Labute approximate surface area is 98.1 Å². The van der Waals surface area contributed by atoms with Crippen LogP contribution in [0.1, 0.15) is 39.5 Å². The van der Waals surface area contributed by atoms with E-state index >= 15 is 0 Å². The average molecular weight is 228 g/mol. The number of hydrogen-bond donors (Lipinski definition) is 2. The molecule has 0 aromatic heterocycles. The van der Waals surface area contributed by atoms with Gasteiger partial charge in [-0.25, -0.2) is 0 Å². The van der Waals surface area contributed by atoms with E-state index in [1.165, 1.54) is 0 Å². The van der Waals surface area contributed by atoms with Crippen molar-refractivity contribution in [1.82, 2.24) is 10.6 Å². The van der Waals surface area contributed by atoms with E-state index in [9.17, 15) is 4.79 Å². The van der Waals surface area contributed by atoms with Gasteiger partial charge in [-0.15, -0.1) is 0 Å². The quantitative estimate of drug-likeness (QED) is 0.714. The molecule has 2 unspecified atom stereocenters. The molecule has 0 aliphatic carbocycles. The molecule has 0 aromatic carbocycles. The highest BCUT2D eigenvalue weighted by molar-refractivity contribution is 5.77. The maximum atomic E-state index is 11.4. The van der Waals surface area contributed by atoms with E-state index in [-0.39, 0.29) is 5.91 Å². The number of hydrogen-bond acceptors (Lipinski definition) is 3. The summed E-state index contributed by atoms with van der Waals surface area (Å²) in [4.78, 5) is 11.4. The Balaban J connectivity index is 2.14. The minimum atomic E-state index is 0.0985. The SMILES string of the molecule is CCCNC(=O)CNC1CCOC(CC)C1. The van der Waals surface area contributed by atoms with Gasteiger partial charge in [0, 0.05) is 19.2 Å². The number of carbonyl (C=O) groups excluding carboxylic acids is 1. The van der Waals surface area contributed by atoms with Crippen LogP contribution in [-0.4, -0.2) is 37.7 Å². The molecule has 1 saturated heterocycles. The molecular weight excluding hydrogens is 204 g/mol. The second kappa shape index (κ2) is 7.63. The highest BCUT2D eigenvalue weighted by Gasteiger charge is 2.21. The van der Waals surface area contributed by atoms with Crippen LogP contribution >= 0.6 is 0 Å². The minimum Gasteiger partial charge on any atom is -0.378 e. The lowest BCUT2D eigenvalue weighted by Gasteiger charge is -2.29. The van der Waals surface area contributed by atoms with E-state index in [0.29, 0.717) is 18.7 Å². The fourth-order valence-electron chi connectivity index (χ4n) is 1.91. The lowest BCUT2D eigenvalue weighted by molar-refractivity contribution is -0.120. The van der Waals surface area contributed by atoms with Gasteiger partial charge in [-0.1, -0.05) is 13.8 Å². The lowest BCUT2D eigenvalue weighted by Crippen LogP contribution is -2.43. The number of ether oxygens (including phenoxy) is 1. The molecule has 94 valence electrons. The predicted octanol–water partition coefficient (Wildman–Crippen LogP) is 1.06. The van der Waals surface area contributed by atoms with Crippen LogP contribution in [0.25, 0.3) is 0 Å². The summed E-state index contributed by atoms with van der Waals surface area (Å²) in [6.07, 6.45) is 4.45. The summed E-state index contributed by atoms with van der Waals surface area (Å²) in [5.74, 6) is 0.0985. The van der Waals surface area contributed by atoms with Gasteiger partial charge >= 0.3 is 0 Å². The van der Waals surface area contributed by atoms with Crippen LogP contribution in [-0.2, 0) is 9.53 Å². The molecule has 0 saturated carbocycles. The number of carbonyl (C=O) groups is 1. The zero-order valence-electron chi connectivity index (χ0n) is 10.4. The number of rotatable bonds is 6. The summed E-state index contributed by atoms with van der Waals surface area (Å²) in [6, 6.07) is 0.436. The number of amides is 1. The van der Waals surface area contributed by atoms with Crippen LogP contribution in [0.5, 0.6) is 0 Å². The van der Waals surface area contributed by atoms with Gasteiger partial charge in [-0.3, -0.25) is 4.79 Å². The third-order valence-electron chi connectivity index (χ3n) is 2.95. The summed E-state index contributed by atoms with van der Waals surface area (Å²) < 4.78 is 5.59. The van der Waals surface area contributed by atoms with Crippen molar-refractivity contribution in [2.45, 2.75) is 51.7 Å². The van der Waals surface area contributed by atoms with Gasteiger partial charge in [-0.2, -0.15) is 0 Å². The Bertz CT molecular complexity index is 209. The molecule has 0 aromatic rings. The third kappa shape index (κ3) is 4.94. The molecule has 1 amide bonds. The molecular formula is C12H24N2O2. The van der Waals surface area contributed by atoms with E-state index < -0.39 is 0 Å². The van der Waals surface area contributed by atoms with Gasteiger partial charge in [0.15, 0.2) is 0 Å². The largest absolute Gasteiger partial charge is 0.378 e. The molecule has 4 heteroatoms. The molecule has 0 radical (unpaired) electrons. The molecule has 2 N–H and O–H groups in total. The maximum Gasteiger partial charge on any atom is 0.233 e. The molecule has 4 nitrogen and oxygen atoms in total. The molecule has 1 heterocycles. The van der Waals surface area contributed by atoms with Crippen LogP contribution in [0.15, 0.2) is 0 Å². The Morgan fingerprint density at radius 3 is 2.94 bits per heavy atom. The minimum absolute atomic E-state index is 0.0985. The topological polar surface area (TPSA) is 50.4 Å². The normalized spacial score (nSPS) is 25.4. The molecule has 16 heavy (non-hydrogen) atoms. The van der Waals surface area contributed by atoms with Gasteiger partial charge in [0.2, 0.25) is 5.91 Å². The molecule has 2 atom stereocenters. The zero-order valence-corrected chi connectivity index (χ0v) is 10.4. The predicted molar refractivity (Wildman–Crippen MR) is 64.4 cm³/mol. The fourth-order valence-corrected chi connectivity index (χ4v) is 1.91. The van der Waals surface area contributed by atoms with Crippen molar-refractivity contribution in [1.29, 1.82) is 0 Å². The summed E-state index contributed by atoms with van der Waals surface area (Å²) in [7, 11) is 0. The van der Waals surface area contributed by atoms with Gasteiger partial charge in [0.05, 0.1) is 12.6 Å². The van der Waals surface area contributed by atoms with Crippen LogP contribution < -0.4 is 10.6 Å². The standard InChI is InChI=1S/C12H24N2O2/c1-3-6-13-12(15)9-14-10-5-7-16-11(4-2)8-10/h10-11,14H,3-9H2,1-2H3,(H,13,15). The molecule has 1 fully saturated rings. The lowest BCUT2D eigenvalue weighted by atomic mass is 10.0. The second-order valence-electron chi connectivity index (χ2n) is 4.35. The maximum absolute atomic E-state index is 11.4. The zero-order chi connectivity index (χ0) is 11.8. The molecule has 0 bridgehead atoms. The van der Waals surface area contributed by atoms with Crippen LogP contribution in [0.3, 0.4) is 0 Å². The highest BCUT2D eigenvalue weighted by atomic mass is 16.5. The number of nitrogens with one attached hydrogen (secondary N) is 2. The first kappa shape index (κ1) is 13.5. The first-order valence-corrected chi connectivity index (χ1v) is 6.38. The summed E-state index contributed by atoms with van der Waals surface area (Å²) >= 11 is 0. The Hall–Kier alpha value is -0.610. The van der Waals surface area contributed by atoms with Crippen LogP contribution in [0, 0.1) is 0 Å². The molecule has 1 aliphatic rings. The van der Waals surface area contributed by atoms with Gasteiger partial charge in [-0.05, 0) is 25.7 Å². The van der Waals surface area contributed by atoms with Crippen molar-refractivity contribution in [2.24, 2.45) is 0 Å². The van der Waals surface area contributed by atoms with Gasteiger partial charge in [0.25, 0.3) is 0 Å².